The number of rotatable bonds is 3. The first-order valence-electron chi connectivity index (χ1n) is 4.44. The molecule has 0 aliphatic heterocycles. The summed E-state index contributed by atoms with van der Waals surface area (Å²) in [5, 5.41) is 9.21. The van der Waals surface area contributed by atoms with Crippen molar-refractivity contribution in [3.63, 3.8) is 0 Å². The maximum absolute atomic E-state index is 13.5. The highest BCUT2D eigenvalue weighted by Crippen LogP contribution is 2.33. The van der Waals surface area contributed by atoms with E-state index in [1.54, 1.807) is 6.07 Å². The van der Waals surface area contributed by atoms with Crippen molar-refractivity contribution in [2.45, 2.75) is 19.3 Å². The standard InChI is InChI=1S/C10H13BrFNO/c1-6(4-5-13)9-7(11)2-3-8(14)10(9)12/h2-3,6,14H,4-5,13H2,1H3. The van der Waals surface area contributed by atoms with Gasteiger partial charge >= 0.3 is 0 Å². The molecule has 78 valence electrons. The molecule has 1 aromatic carbocycles. The number of hydrogen-bond acceptors (Lipinski definition) is 2. The van der Waals surface area contributed by atoms with Crippen LogP contribution in [-0.2, 0) is 0 Å². The van der Waals surface area contributed by atoms with Gasteiger partial charge in [-0.2, -0.15) is 0 Å². The van der Waals surface area contributed by atoms with Gasteiger partial charge in [0.25, 0.3) is 0 Å². The van der Waals surface area contributed by atoms with Crippen molar-refractivity contribution in [2.75, 3.05) is 6.54 Å². The minimum absolute atomic E-state index is 0.00137. The number of aromatic hydroxyl groups is 1. The molecule has 0 bridgehead atoms. The van der Waals surface area contributed by atoms with Gasteiger partial charge in [0, 0.05) is 10.0 Å². The lowest BCUT2D eigenvalue weighted by atomic mass is 9.97. The number of phenols is 1. The van der Waals surface area contributed by atoms with E-state index in [9.17, 15) is 9.50 Å². The third kappa shape index (κ3) is 2.25. The molecular weight excluding hydrogens is 249 g/mol. The van der Waals surface area contributed by atoms with Crippen LogP contribution < -0.4 is 5.73 Å². The Labute approximate surface area is 91.1 Å². The molecule has 0 saturated heterocycles. The first-order chi connectivity index (χ1) is 6.57. The third-order valence-electron chi connectivity index (χ3n) is 2.20. The summed E-state index contributed by atoms with van der Waals surface area (Å²) in [7, 11) is 0. The molecule has 0 aromatic heterocycles. The normalized spacial score (nSPS) is 12.9. The quantitative estimate of drug-likeness (QED) is 0.879. The second-order valence-electron chi connectivity index (χ2n) is 3.27. The second kappa shape index (κ2) is 4.75. The Morgan fingerprint density at radius 3 is 2.79 bits per heavy atom. The molecule has 14 heavy (non-hydrogen) atoms. The number of hydrogen-bond donors (Lipinski definition) is 2. The second-order valence-corrected chi connectivity index (χ2v) is 4.13. The van der Waals surface area contributed by atoms with Crippen molar-refractivity contribution in [2.24, 2.45) is 5.73 Å². The summed E-state index contributed by atoms with van der Waals surface area (Å²) in [5.41, 5.74) is 5.90. The van der Waals surface area contributed by atoms with Crippen LogP contribution in [0.2, 0.25) is 0 Å². The molecule has 0 heterocycles. The topological polar surface area (TPSA) is 46.2 Å². The number of nitrogens with two attached hydrogens (primary N) is 1. The molecule has 1 aromatic rings. The molecule has 1 unspecified atom stereocenters. The lowest BCUT2D eigenvalue weighted by Gasteiger charge is -2.14. The monoisotopic (exact) mass is 261 g/mol. The predicted molar refractivity (Wildman–Crippen MR) is 57.9 cm³/mol. The van der Waals surface area contributed by atoms with Crippen molar-refractivity contribution in [1.82, 2.24) is 0 Å². The summed E-state index contributed by atoms with van der Waals surface area (Å²) in [6.07, 6.45) is 0.693. The Kier molecular flexibility index (Phi) is 3.89. The van der Waals surface area contributed by atoms with E-state index in [4.69, 9.17) is 5.73 Å². The van der Waals surface area contributed by atoms with Gasteiger partial charge in [0.1, 0.15) is 0 Å². The lowest BCUT2D eigenvalue weighted by molar-refractivity contribution is 0.424. The minimum Gasteiger partial charge on any atom is -0.505 e. The Morgan fingerprint density at radius 2 is 2.21 bits per heavy atom. The van der Waals surface area contributed by atoms with Crippen LogP contribution in [0.1, 0.15) is 24.8 Å². The van der Waals surface area contributed by atoms with Crippen molar-refractivity contribution >= 4 is 15.9 Å². The van der Waals surface area contributed by atoms with Crippen LogP contribution in [0.4, 0.5) is 4.39 Å². The first kappa shape index (κ1) is 11.5. The molecule has 0 fully saturated rings. The first-order valence-corrected chi connectivity index (χ1v) is 5.24. The predicted octanol–water partition coefficient (Wildman–Crippen LogP) is 2.75. The third-order valence-corrected chi connectivity index (χ3v) is 2.89. The van der Waals surface area contributed by atoms with Gasteiger partial charge in [0.15, 0.2) is 11.6 Å². The molecular formula is C10H13BrFNO. The largest absolute Gasteiger partial charge is 0.505 e. The van der Waals surface area contributed by atoms with E-state index in [-0.39, 0.29) is 11.7 Å². The zero-order valence-corrected chi connectivity index (χ0v) is 9.51. The summed E-state index contributed by atoms with van der Waals surface area (Å²) >= 11 is 3.26. The van der Waals surface area contributed by atoms with Crippen LogP contribution in [-0.4, -0.2) is 11.7 Å². The van der Waals surface area contributed by atoms with Crippen LogP contribution in [0.15, 0.2) is 16.6 Å². The Balaban J connectivity index is 3.11. The molecule has 3 N–H and O–H groups in total. The summed E-state index contributed by atoms with van der Waals surface area (Å²) in [5.74, 6) is -0.867. The number of benzene rings is 1. The van der Waals surface area contributed by atoms with E-state index >= 15 is 0 Å². The molecule has 4 heteroatoms. The minimum atomic E-state index is -0.555. The molecule has 0 radical (unpaired) electrons. The number of halogens is 2. The van der Waals surface area contributed by atoms with Crippen molar-refractivity contribution in [3.8, 4) is 5.75 Å². The highest BCUT2D eigenvalue weighted by Gasteiger charge is 2.16. The molecule has 0 spiro atoms. The van der Waals surface area contributed by atoms with Gasteiger partial charge in [-0.3, -0.25) is 0 Å². The van der Waals surface area contributed by atoms with Crippen molar-refractivity contribution in [3.05, 3.63) is 28.0 Å². The molecule has 0 amide bonds. The highest BCUT2D eigenvalue weighted by atomic mass is 79.9. The maximum atomic E-state index is 13.5. The summed E-state index contributed by atoms with van der Waals surface area (Å²) < 4.78 is 14.2. The van der Waals surface area contributed by atoms with Gasteiger partial charge < -0.3 is 10.8 Å². The van der Waals surface area contributed by atoms with Gasteiger partial charge in [-0.25, -0.2) is 4.39 Å². The number of phenolic OH excluding ortho intramolecular Hbond substituents is 1. The Bertz CT molecular complexity index is 330. The van der Waals surface area contributed by atoms with Crippen LogP contribution in [0, 0.1) is 5.82 Å². The molecule has 0 saturated carbocycles. The summed E-state index contributed by atoms with van der Waals surface area (Å²) in [6.45, 7) is 2.39. The maximum Gasteiger partial charge on any atom is 0.169 e. The van der Waals surface area contributed by atoms with E-state index in [2.05, 4.69) is 15.9 Å². The van der Waals surface area contributed by atoms with E-state index < -0.39 is 5.82 Å². The fourth-order valence-electron chi connectivity index (χ4n) is 1.40. The smallest absolute Gasteiger partial charge is 0.169 e. The average molecular weight is 262 g/mol. The van der Waals surface area contributed by atoms with Crippen molar-refractivity contribution < 1.29 is 9.50 Å². The summed E-state index contributed by atoms with van der Waals surface area (Å²) in [6, 6.07) is 2.97. The van der Waals surface area contributed by atoms with Gasteiger partial charge in [0.2, 0.25) is 0 Å². The van der Waals surface area contributed by atoms with E-state index in [1.807, 2.05) is 6.92 Å². The van der Waals surface area contributed by atoms with E-state index in [0.29, 0.717) is 23.0 Å². The van der Waals surface area contributed by atoms with Crippen LogP contribution in [0.3, 0.4) is 0 Å². The highest BCUT2D eigenvalue weighted by molar-refractivity contribution is 9.10. The molecule has 0 aliphatic rings. The molecule has 1 atom stereocenters. The summed E-state index contributed by atoms with van der Waals surface area (Å²) in [4.78, 5) is 0. The van der Waals surface area contributed by atoms with Gasteiger partial charge in [0.05, 0.1) is 0 Å². The fraction of sp³-hybridized carbons (Fsp3) is 0.400. The zero-order valence-electron chi connectivity index (χ0n) is 7.93. The van der Waals surface area contributed by atoms with Gasteiger partial charge in [-0.05, 0) is 31.0 Å². The molecule has 2 nitrogen and oxygen atoms in total. The lowest BCUT2D eigenvalue weighted by Crippen LogP contribution is -2.06. The van der Waals surface area contributed by atoms with Crippen LogP contribution in [0.5, 0.6) is 5.75 Å². The van der Waals surface area contributed by atoms with Gasteiger partial charge in [-0.1, -0.05) is 22.9 Å². The zero-order chi connectivity index (χ0) is 10.7. The van der Waals surface area contributed by atoms with E-state index in [0.717, 1.165) is 0 Å². The van der Waals surface area contributed by atoms with Gasteiger partial charge in [-0.15, -0.1) is 0 Å². The van der Waals surface area contributed by atoms with E-state index in [1.165, 1.54) is 6.07 Å². The average Bonchev–Trinajstić information content (AvgIpc) is 2.13. The van der Waals surface area contributed by atoms with Crippen LogP contribution in [0.25, 0.3) is 0 Å². The Hall–Kier alpha value is -0.610. The van der Waals surface area contributed by atoms with Crippen molar-refractivity contribution in [1.29, 1.82) is 0 Å². The molecule has 0 aliphatic carbocycles. The molecule has 1 rings (SSSR count). The fourth-order valence-corrected chi connectivity index (χ4v) is 2.10. The van der Waals surface area contributed by atoms with Crippen LogP contribution >= 0.6 is 15.9 Å². The Morgan fingerprint density at radius 1 is 1.57 bits per heavy atom. The SMILES string of the molecule is CC(CCN)c1c(Br)ccc(O)c1F.